The lowest BCUT2D eigenvalue weighted by atomic mass is 10.1. The Morgan fingerprint density at radius 2 is 1.74 bits per heavy atom. The highest BCUT2D eigenvalue weighted by Crippen LogP contribution is 2.35. The standard InChI is InChI=1S/C17H16F3NO2/c1-2-12-7-9-13(10-8-12)21-16(22)11-23-15-6-4-3-5-14(15)17(18,19)20/h3-10H,2,11H2,1H3,(H,21,22). The summed E-state index contributed by atoms with van der Waals surface area (Å²) in [7, 11) is 0. The van der Waals surface area contributed by atoms with Gasteiger partial charge in [0.15, 0.2) is 6.61 Å². The van der Waals surface area contributed by atoms with Gasteiger partial charge in [0, 0.05) is 5.69 Å². The zero-order valence-electron chi connectivity index (χ0n) is 12.5. The molecule has 0 fully saturated rings. The average molecular weight is 323 g/mol. The van der Waals surface area contributed by atoms with Gasteiger partial charge < -0.3 is 10.1 Å². The fourth-order valence-corrected chi connectivity index (χ4v) is 1.99. The molecule has 2 rings (SSSR count). The van der Waals surface area contributed by atoms with Crippen LogP contribution in [0.5, 0.6) is 5.75 Å². The highest BCUT2D eigenvalue weighted by atomic mass is 19.4. The number of amides is 1. The first-order valence-electron chi connectivity index (χ1n) is 7.08. The van der Waals surface area contributed by atoms with Gasteiger partial charge in [-0.15, -0.1) is 0 Å². The number of rotatable bonds is 5. The molecule has 0 heterocycles. The molecule has 0 saturated carbocycles. The molecule has 2 aromatic rings. The van der Waals surface area contributed by atoms with Crippen LogP contribution in [0.3, 0.4) is 0 Å². The molecule has 0 saturated heterocycles. The summed E-state index contributed by atoms with van der Waals surface area (Å²) in [5, 5.41) is 2.58. The normalized spacial score (nSPS) is 11.1. The van der Waals surface area contributed by atoms with Crippen molar-refractivity contribution in [2.24, 2.45) is 0 Å². The second kappa shape index (κ2) is 7.17. The SMILES string of the molecule is CCc1ccc(NC(=O)COc2ccccc2C(F)(F)F)cc1. The van der Waals surface area contributed by atoms with Gasteiger partial charge in [-0.1, -0.05) is 31.2 Å². The number of aryl methyl sites for hydroxylation is 1. The molecule has 3 nitrogen and oxygen atoms in total. The minimum Gasteiger partial charge on any atom is -0.483 e. The number of hydrogen-bond acceptors (Lipinski definition) is 2. The molecule has 0 bridgehead atoms. The molecule has 2 aromatic carbocycles. The van der Waals surface area contributed by atoms with Crippen LogP contribution < -0.4 is 10.1 Å². The van der Waals surface area contributed by atoms with Crippen molar-refractivity contribution in [2.45, 2.75) is 19.5 Å². The molecule has 0 atom stereocenters. The van der Waals surface area contributed by atoms with E-state index < -0.39 is 24.3 Å². The molecule has 0 unspecified atom stereocenters. The van der Waals surface area contributed by atoms with E-state index in [1.807, 2.05) is 19.1 Å². The van der Waals surface area contributed by atoms with Crippen LogP contribution in [0.15, 0.2) is 48.5 Å². The second-order valence-corrected chi connectivity index (χ2v) is 4.88. The van der Waals surface area contributed by atoms with Crippen molar-refractivity contribution in [1.29, 1.82) is 0 Å². The monoisotopic (exact) mass is 323 g/mol. The van der Waals surface area contributed by atoms with Crippen molar-refractivity contribution >= 4 is 11.6 Å². The molecular weight excluding hydrogens is 307 g/mol. The minimum absolute atomic E-state index is 0.364. The molecule has 0 spiro atoms. The predicted octanol–water partition coefficient (Wildman–Crippen LogP) is 4.29. The largest absolute Gasteiger partial charge is 0.483 e. The van der Waals surface area contributed by atoms with Crippen LogP contribution in [0.1, 0.15) is 18.1 Å². The maximum atomic E-state index is 12.8. The third-order valence-electron chi connectivity index (χ3n) is 3.20. The van der Waals surface area contributed by atoms with E-state index in [1.54, 1.807) is 12.1 Å². The number of carbonyl (C=O) groups excluding carboxylic acids is 1. The molecule has 1 amide bonds. The van der Waals surface area contributed by atoms with Gasteiger partial charge in [-0.25, -0.2) is 0 Å². The number of benzene rings is 2. The van der Waals surface area contributed by atoms with Crippen LogP contribution in [0.2, 0.25) is 0 Å². The summed E-state index contributed by atoms with van der Waals surface area (Å²) in [6.45, 7) is 1.52. The summed E-state index contributed by atoms with van der Waals surface area (Å²) in [5.74, 6) is -0.886. The number of para-hydroxylation sites is 1. The molecule has 122 valence electrons. The van der Waals surface area contributed by atoms with Crippen molar-refractivity contribution in [3.8, 4) is 5.75 Å². The van der Waals surface area contributed by atoms with E-state index in [0.29, 0.717) is 5.69 Å². The maximum Gasteiger partial charge on any atom is 0.419 e. The summed E-state index contributed by atoms with van der Waals surface area (Å²) in [6.07, 6.45) is -3.64. The van der Waals surface area contributed by atoms with E-state index >= 15 is 0 Å². The van der Waals surface area contributed by atoms with Crippen LogP contribution in [0, 0.1) is 0 Å². The van der Waals surface area contributed by atoms with Crippen molar-refractivity contribution in [3.05, 3.63) is 59.7 Å². The van der Waals surface area contributed by atoms with Gasteiger partial charge in [0.25, 0.3) is 5.91 Å². The first kappa shape index (κ1) is 16.9. The second-order valence-electron chi connectivity index (χ2n) is 4.88. The Labute approximate surface area is 132 Å². The Morgan fingerprint density at radius 3 is 2.35 bits per heavy atom. The molecular formula is C17H16F3NO2. The van der Waals surface area contributed by atoms with Gasteiger partial charge in [0.1, 0.15) is 5.75 Å². The maximum absolute atomic E-state index is 12.8. The lowest BCUT2D eigenvalue weighted by Crippen LogP contribution is -2.21. The summed E-state index contributed by atoms with van der Waals surface area (Å²) >= 11 is 0. The van der Waals surface area contributed by atoms with Crippen LogP contribution in [-0.4, -0.2) is 12.5 Å². The molecule has 23 heavy (non-hydrogen) atoms. The number of carbonyl (C=O) groups is 1. The summed E-state index contributed by atoms with van der Waals surface area (Å²) < 4.78 is 43.4. The molecule has 0 aliphatic carbocycles. The van der Waals surface area contributed by atoms with E-state index in [1.165, 1.54) is 18.2 Å². The number of halogens is 3. The Bertz CT molecular complexity index is 666. The van der Waals surface area contributed by atoms with Crippen molar-refractivity contribution in [2.75, 3.05) is 11.9 Å². The quantitative estimate of drug-likeness (QED) is 0.891. The van der Waals surface area contributed by atoms with Gasteiger partial charge in [-0.05, 0) is 36.2 Å². The topological polar surface area (TPSA) is 38.3 Å². The van der Waals surface area contributed by atoms with Crippen LogP contribution >= 0.6 is 0 Å². The van der Waals surface area contributed by atoms with Crippen molar-refractivity contribution in [1.82, 2.24) is 0 Å². The van der Waals surface area contributed by atoms with E-state index in [2.05, 4.69) is 5.32 Å². The Hall–Kier alpha value is -2.50. The first-order valence-corrected chi connectivity index (χ1v) is 7.08. The summed E-state index contributed by atoms with van der Waals surface area (Å²) in [6, 6.07) is 12.0. The van der Waals surface area contributed by atoms with Crippen molar-refractivity contribution < 1.29 is 22.7 Å². The van der Waals surface area contributed by atoms with Crippen LogP contribution in [-0.2, 0) is 17.4 Å². The zero-order valence-corrected chi connectivity index (χ0v) is 12.5. The van der Waals surface area contributed by atoms with E-state index in [4.69, 9.17) is 4.74 Å². The van der Waals surface area contributed by atoms with Gasteiger partial charge >= 0.3 is 6.18 Å². The highest BCUT2D eigenvalue weighted by molar-refractivity contribution is 5.91. The van der Waals surface area contributed by atoms with Gasteiger partial charge in [-0.3, -0.25) is 4.79 Å². The Balaban J connectivity index is 1.97. The fourth-order valence-electron chi connectivity index (χ4n) is 1.99. The molecule has 0 aliphatic heterocycles. The summed E-state index contributed by atoms with van der Waals surface area (Å²) in [5.41, 5.74) is 0.790. The summed E-state index contributed by atoms with van der Waals surface area (Å²) in [4.78, 5) is 11.8. The Morgan fingerprint density at radius 1 is 1.09 bits per heavy atom. The molecule has 6 heteroatoms. The fraction of sp³-hybridized carbons (Fsp3) is 0.235. The first-order chi connectivity index (χ1) is 10.9. The van der Waals surface area contributed by atoms with Gasteiger partial charge in [0.05, 0.1) is 5.56 Å². The number of anilines is 1. The molecule has 0 aromatic heterocycles. The minimum atomic E-state index is -4.52. The van der Waals surface area contributed by atoms with Gasteiger partial charge in [0.2, 0.25) is 0 Å². The number of alkyl halides is 3. The van der Waals surface area contributed by atoms with Crippen LogP contribution in [0.25, 0.3) is 0 Å². The van der Waals surface area contributed by atoms with Gasteiger partial charge in [-0.2, -0.15) is 13.2 Å². The Kier molecular flexibility index (Phi) is 5.26. The van der Waals surface area contributed by atoms with Crippen LogP contribution in [0.4, 0.5) is 18.9 Å². The third-order valence-corrected chi connectivity index (χ3v) is 3.20. The average Bonchev–Trinajstić information content (AvgIpc) is 2.53. The molecule has 0 radical (unpaired) electrons. The zero-order chi connectivity index (χ0) is 16.9. The lowest BCUT2D eigenvalue weighted by Gasteiger charge is -2.13. The van der Waals surface area contributed by atoms with E-state index in [-0.39, 0.29) is 5.75 Å². The predicted molar refractivity (Wildman–Crippen MR) is 81.4 cm³/mol. The lowest BCUT2D eigenvalue weighted by molar-refractivity contribution is -0.139. The van der Waals surface area contributed by atoms with E-state index in [9.17, 15) is 18.0 Å². The third kappa shape index (κ3) is 4.74. The molecule has 0 aliphatic rings. The number of ether oxygens (including phenoxy) is 1. The number of nitrogens with one attached hydrogen (secondary N) is 1. The smallest absolute Gasteiger partial charge is 0.419 e. The van der Waals surface area contributed by atoms with E-state index in [0.717, 1.165) is 18.1 Å². The number of hydrogen-bond donors (Lipinski definition) is 1. The highest BCUT2D eigenvalue weighted by Gasteiger charge is 2.34. The van der Waals surface area contributed by atoms with Crippen molar-refractivity contribution in [3.63, 3.8) is 0 Å². The molecule has 1 N–H and O–H groups in total.